The Labute approximate surface area is 83.2 Å². The van der Waals surface area contributed by atoms with Gasteiger partial charge in [0.15, 0.2) is 0 Å². The third kappa shape index (κ3) is 6.05. The van der Waals surface area contributed by atoms with Crippen LogP contribution in [-0.2, 0) is 9.59 Å². The molecular weight excluding hydrogens is 184 g/mol. The Kier molecular flexibility index (Phi) is 6.19. The Morgan fingerprint density at radius 3 is 2.43 bits per heavy atom. The van der Waals surface area contributed by atoms with E-state index in [4.69, 9.17) is 5.11 Å². The summed E-state index contributed by atoms with van der Waals surface area (Å²) in [5.41, 5.74) is 0.313. The molecule has 0 aromatic carbocycles. The average molecular weight is 200 g/mol. The summed E-state index contributed by atoms with van der Waals surface area (Å²) in [6.45, 7) is 2.41. The number of nitrogens with one attached hydrogen (secondary N) is 2. The monoisotopic (exact) mass is 200 g/mol. The Hall–Kier alpha value is -1.52. The van der Waals surface area contributed by atoms with E-state index in [-0.39, 0.29) is 5.91 Å². The van der Waals surface area contributed by atoms with Gasteiger partial charge in [0.1, 0.15) is 0 Å². The lowest BCUT2D eigenvalue weighted by Gasteiger charge is -1.89. The molecule has 1 fully saturated rings. The maximum Gasteiger partial charge on any atom is 0.332 e. The zero-order valence-corrected chi connectivity index (χ0v) is 8.46. The van der Waals surface area contributed by atoms with Crippen molar-refractivity contribution in [3.63, 3.8) is 0 Å². The van der Waals surface area contributed by atoms with Crippen LogP contribution < -0.4 is 10.6 Å². The minimum absolute atomic E-state index is 0.204. The first kappa shape index (κ1) is 12.5. The molecule has 0 aromatic heterocycles. The topological polar surface area (TPSA) is 78.4 Å². The zero-order chi connectivity index (χ0) is 11.0. The van der Waals surface area contributed by atoms with Crippen LogP contribution in [0.25, 0.3) is 0 Å². The molecule has 14 heavy (non-hydrogen) atoms. The lowest BCUT2D eigenvalue weighted by molar-refractivity contribution is -0.132. The van der Waals surface area contributed by atoms with Crippen molar-refractivity contribution in [3.05, 3.63) is 11.8 Å². The van der Waals surface area contributed by atoms with Crippen molar-refractivity contribution in [1.82, 2.24) is 10.6 Å². The predicted molar refractivity (Wildman–Crippen MR) is 52.7 cm³/mol. The van der Waals surface area contributed by atoms with Crippen molar-refractivity contribution in [3.8, 4) is 0 Å². The van der Waals surface area contributed by atoms with Crippen molar-refractivity contribution in [2.45, 2.75) is 19.8 Å². The summed E-state index contributed by atoms with van der Waals surface area (Å²) in [6, 6.07) is 0. The number of aliphatic carboxylic acids is 1. The Bertz CT molecular complexity index is 228. The molecule has 1 heterocycles. The second kappa shape index (κ2) is 6.94. The predicted octanol–water partition coefficient (Wildman–Crippen LogP) is 0.0906. The number of carbonyl (C=O) groups is 2. The van der Waals surface area contributed by atoms with Crippen molar-refractivity contribution < 1.29 is 14.7 Å². The number of rotatable bonds is 2. The van der Waals surface area contributed by atoms with Crippen molar-refractivity contribution >= 4 is 11.9 Å². The van der Waals surface area contributed by atoms with Crippen LogP contribution in [0.1, 0.15) is 19.8 Å². The van der Waals surface area contributed by atoms with E-state index in [1.54, 1.807) is 7.05 Å². The molecule has 0 unspecified atom stereocenters. The van der Waals surface area contributed by atoms with Gasteiger partial charge in [0, 0.05) is 31.8 Å². The van der Waals surface area contributed by atoms with Crippen LogP contribution in [0.2, 0.25) is 0 Å². The maximum absolute atomic E-state index is 10.1. The molecule has 80 valence electrons. The minimum atomic E-state index is -0.889. The van der Waals surface area contributed by atoms with Gasteiger partial charge in [0.25, 0.3) is 0 Å². The third-order valence-electron chi connectivity index (χ3n) is 1.60. The van der Waals surface area contributed by atoms with E-state index in [2.05, 4.69) is 10.6 Å². The van der Waals surface area contributed by atoms with Gasteiger partial charge in [-0.1, -0.05) is 0 Å². The van der Waals surface area contributed by atoms with Gasteiger partial charge in [0.2, 0.25) is 5.91 Å². The first-order valence-corrected chi connectivity index (χ1v) is 4.42. The molecule has 5 nitrogen and oxygen atoms in total. The lowest BCUT2D eigenvalue weighted by atomic mass is 10.3. The van der Waals surface area contributed by atoms with Crippen molar-refractivity contribution in [1.29, 1.82) is 0 Å². The van der Waals surface area contributed by atoms with Gasteiger partial charge in [-0.15, -0.1) is 0 Å². The molecule has 1 amide bonds. The summed E-state index contributed by atoms with van der Waals surface area (Å²) in [4.78, 5) is 20.1. The highest BCUT2D eigenvalue weighted by atomic mass is 16.4. The lowest BCUT2D eigenvalue weighted by Crippen LogP contribution is -2.12. The van der Waals surface area contributed by atoms with Gasteiger partial charge < -0.3 is 15.7 Å². The van der Waals surface area contributed by atoms with Crippen LogP contribution in [0.4, 0.5) is 0 Å². The number of carbonyl (C=O) groups excluding carboxylic acids is 1. The molecule has 0 saturated carbocycles. The van der Waals surface area contributed by atoms with Crippen molar-refractivity contribution in [2.24, 2.45) is 0 Å². The molecule has 1 saturated heterocycles. The Morgan fingerprint density at radius 1 is 1.64 bits per heavy atom. The van der Waals surface area contributed by atoms with E-state index in [1.165, 1.54) is 13.1 Å². The fourth-order valence-corrected chi connectivity index (χ4v) is 0.843. The molecule has 1 aliphatic heterocycles. The number of hydrogen-bond donors (Lipinski definition) is 3. The van der Waals surface area contributed by atoms with E-state index in [0.717, 1.165) is 19.4 Å². The highest BCUT2D eigenvalue weighted by Gasteiger charge is 2.05. The summed E-state index contributed by atoms with van der Waals surface area (Å²) in [7, 11) is 1.66. The van der Waals surface area contributed by atoms with Crippen LogP contribution in [0.3, 0.4) is 0 Å². The summed E-state index contributed by atoms with van der Waals surface area (Å²) in [6.07, 6.45) is 3.20. The Morgan fingerprint density at radius 2 is 2.29 bits per heavy atom. The molecule has 0 aliphatic carbocycles. The molecule has 3 N–H and O–H groups in total. The minimum Gasteiger partial charge on any atom is -0.478 e. The van der Waals surface area contributed by atoms with Gasteiger partial charge >= 0.3 is 5.97 Å². The SMILES string of the molecule is CNC=C(C)C(=O)O.O=C1CCCN1. The number of hydrogen-bond acceptors (Lipinski definition) is 3. The summed E-state index contributed by atoms with van der Waals surface area (Å²) < 4.78 is 0. The highest BCUT2D eigenvalue weighted by Crippen LogP contribution is 1.93. The number of amides is 1. The fraction of sp³-hybridized carbons (Fsp3) is 0.556. The second-order valence-electron chi connectivity index (χ2n) is 2.87. The van der Waals surface area contributed by atoms with Gasteiger partial charge in [-0.3, -0.25) is 4.79 Å². The highest BCUT2D eigenvalue weighted by molar-refractivity contribution is 5.85. The molecular formula is C9H16N2O3. The molecule has 0 bridgehead atoms. The number of carboxylic acid groups (broad SMARTS) is 1. The summed E-state index contributed by atoms with van der Waals surface area (Å²) in [5, 5.41) is 13.5. The van der Waals surface area contributed by atoms with Crippen LogP contribution in [-0.4, -0.2) is 30.6 Å². The molecule has 0 aromatic rings. The van der Waals surface area contributed by atoms with Gasteiger partial charge in [-0.25, -0.2) is 4.79 Å². The van der Waals surface area contributed by atoms with Gasteiger partial charge in [-0.2, -0.15) is 0 Å². The zero-order valence-electron chi connectivity index (χ0n) is 8.46. The van der Waals surface area contributed by atoms with E-state index >= 15 is 0 Å². The van der Waals surface area contributed by atoms with Crippen LogP contribution >= 0.6 is 0 Å². The molecule has 0 radical (unpaired) electrons. The van der Waals surface area contributed by atoms with Gasteiger partial charge in [0.05, 0.1) is 0 Å². The van der Waals surface area contributed by atoms with E-state index in [1.807, 2.05) is 0 Å². The second-order valence-corrected chi connectivity index (χ2v) is 2.87. The standard InChI is InChI=1S/C5H9NO2.C4H7NO/c1-4(3-6-2)5(7)8;6-4-2-1-3-5-4/h3,6H,1-2H3,(H,7,8);1-3H2,(H,5,6). The fourth-order valence-electron chi connectivity index (χ4n) is 0.843. The smallest absolute Gasteiger partial charge is 0.332 e. The summed E-state index contributed by atoms with van der Waals surface area (Å²) >= 11 is 0. The third-order valence-corrected chi connectivity index (χ3v) is 1.60. The molecule has 0 spiro atoms. The number of carboxylic acids is 1. The van der Waals surface area contributed by atoms with Crippen LogP contribution in [0, 0.1) is 0 Å². The summed E-state index contributed by atoms with van der Waals surface area (Å²) in [5.74, 6) is -0.686. The van der Waals surface area contributed by atoms with Gasteiger partial charge in [-0.05, 0) is 13.3 Å². The van der Waals surface area contributed by atoms with E-state index in [0.29, 0.717) is 5.57 Å². The molecule has 0 atom stereocenters. The quantitative estimate of drug-likeness (QED) is 0.552. The molecule has 1 rings (SSSR count). The Balaban J connectivity index is 0.000000249. The average Bonchev–Trinajstić information content (AvgIpc) is 2.57. The first-order valence-electron chi connectivity index (χ1n) is 4.42. The van der Waals surface area contributed by atoms with E-state index in [9.17, 15) is 9.59 Å². The van der Waals surface area contributed by atoms with Crippen molar-refractivity contribution in [2.75, 3.05) is 13.6 Å². The largest absolute Gasteiger partial charge is 0.478 e. The van der Waals surface area contributed by atoms with Crippen LogP contribution in [0.5, 0.6) is 0 Å². The molecule has 1 aliphatic rings. The normalized spacial score (nSPS) is 15.3. The van der Waals surface area contributed by atoms with Crippen LogP contribution in [0.15, 0.2) is 11.8 Å². The molecule has 5 heteroatoms. The first-order chi connectivity index (χ1) is 6.57. The van der Waals surface area contributed by atoms with E-state index < -0.39 is 5.97 Å². The maximum atomic E-state index is 10.1.